The fourth-order valence-electron chi connectivity index (χ4n) is 4.11. The van der Waals surface area contributed by atoms with E-state index in [1.54, 1.807) is 30.3 Å². The Bertz CT molecular complexity index is 1250. The number of amides is 3. The number of para-hydroxylation sites is 1. The molecule has 3 aromatic rings. The molecule has 0 heterocycles. The third-order valence-electron chi connectivity index (χ3n) is 5.87. The molecule has 0 spiro atoms. The van der Waals surface area contributed by atoms with Crippen molar-refractivity contribution >= 4 is 40.4 Å². The van der Waals surface area contributed by atoms with E-state index in [0.29, 0.717) is 11.1 Å². The Morgan fingerprint density at radius 1 is 0.882 bits per heavy atom. The summed E-state index contributed by atoms with van der Waals surface area (Å²) in [6.45, 7) is 0. The predicted molar refractivity (Wildman–Crippen MR) is 131 cm³/mol. The van der Waals surface area contributed by atoms with E-state index in [1.807, 2.05) is 24.3 Å². The third kappa shape index (κ3) is 5.40. The molecule has 4 rings (SSSR count). The summed E-state index contributed by atoms with van der Waals surface area (Å²) in [5.74, 6) is -2.25. The van der Waals surface area contributed by atoms with Crippen LogP contribution in [0.25, 0.3) is 10.8 Å². The standard InChI is InChI=1S/C26H26N4O4/c31-23-15-14-17-8-4-5-11-19(17)21(23)16-27-30-26(34)25(33)29-22-13-7-6-12-20(22)24(32)28-18-9-2-1-3-10-18/h4-8,11-16,18,31H,1-3,9-10H2,(H,28,32)(H,29,33)(H,30,34)/b27-16-. The van der Waals surface area contributed by atoms with Gasteiger partial charge in [0.05, 0.1) is 17.5 Å². The Morgan fingerprint density at radius 3 is 2.44 bits per heavy atom. The number of phenols is 1. The number of hydrazone groups is 1. The van der Waals surface area contributed by atoms with Crippen LogP contribution in [0, 0.1) is 0 Å². The van der Waals surface area contributed by atoms with E-state index in [2.05, 4.69) is 21.2 Å². The number of aromatic hydroxyl groups is 1. The molecule has 34 heavy (non-hydrogen) atoms. The lowest BCUT2D eigenvalue weighted by molar-refractivity contribution is -0.136. The van der Waals surface area contributed by atoms with E-state index in [1.165, 1.54) is 18.7 Å². The van der Waals surface area contributed by atoms with E-state index in [0.717, 1.165) is 36.5 Å². The minimum Gasteiger partial charge on any atom is -0.507 e. The molecule has 4 N–H and O–H groups in total. The molecule has 8 nitrogen and oxygen atoms in total. The molecule has 1 fully saturated rings. The largest absolute Gasteiger partial charge is 0.507 e. The summed E-state index contributed by atoms with van der Waals surface area (Å²) in [7, 11) is 0. The van der Waals surface area contributed by atoms with Crippen molar-refractivity contribution in [2.24, 2.45) is 5.10 Å². The van der Waals surface area contributed by atoms with Crippen LogP contribution in [0.2, 0.25) is 0 Å². The van der Waals surface area contributed by atoms with Crippen LogP contribution in [-0.2, 0) is 9.59 Å². The maximum absolute atomic E-state index is 12.7. The van der Waals surface area contributed by atoms with Gasteiger partial charge in [-0.15, -0.1) is 0 Å². The summed E-state index contributed by atoms with van der Waals surface area (Å²) in [5.41, 5.74) is 3.12. The summed E-state index contributed by atoms with van der Waals surface area (Å²) in [5, 5.41) is 21.1. The van der Waals surface area contributed by atoms with Gasteiger partial charge in [0.2, 0.25) is 0 Å². The maximum Gasteiger partial charge on any atom is 0.329 e. The van der Waals surface area contributed by atoms with Crippen LogP contribution in [0.4, 0.5) is 5.69 Å². The molecule has 0 bridgehead atoms. The summed E-state index contributed by atoms with van der Waals surface area (Å²) < 4.78 is 0. The second kappa shape index (κ2) is 10.6. The Kier molecular flexibility index (Phi) is 7.17. The molecule has 0 aliphatic heterocycles. The molecule has 0 atom stereocenters. The first-order valence-corrected chi connectivity index (χ1v) is 11.3. The summed E-state index contributed by atoms with van der Waals surface area (Å²) in [6, 6.07) is 17.4. The van der Waals surface area contributed by atoms with E-state index in [-0.39, 0.29) is 23.4 Å². The molecule has 0 radical (unpaired) electrons. The number of hydrogen-bond acceptors (Lipinski definition) is 5. The third-order valence-corrected chi connectivity index (χ3v) is 5.87. The number of carbonyl (C=O) groups is 3. The van der Waals surface area contributed by atoms with Gasteiger partial charge in [-0.05, 0) is 41.8 Å². The van der Waals surface area contributed by atoms with E-state index in [4.69, 9.17) is 0 Å². The van der Waals surface area contributed by atoms with Gasteiger partial charge in [-0.3, -0.25) is 14.4 Å². The highest BCUT2D eigenvalue weighted by atomic mass is 16.3. The lowest BCUT2D eigenvalue weighted by atomic mass is 9.95. The highest BCUT2D eigenvalue weighted by Crippen LogP contribution is 2.25. The fourth-order valence-corrected chi connectivity index (χ4v) is 4.11. The van der Waals surface area contributed by atoms with Crippen molar-refractivity contribution < 1.29 is 19.5 Å². The molecule has 1 aliphatic carbocycles. The molecule has 3 aromatic carbocycles. The number of carbonyl (C=O) groups excluding carboxylic acids is 3. The molecular formula is C26H26N4O4. The van der Waals surface area contributed by atoms with Crippen molar-refractivity contribution in [2.45, 2.75) is 38.1 Å². The zero-order valence-corrected chi connectivity index (χ0v) is 18.6. The maximum atomic E-state index is 12.7. The summed E-state index contributed by atoms with van der Waals surface area (Å²) in [4.78, 5) is 37.4. The van der Waals surface area contributed by atoms with E-state index >= 15 is 0 Å². The molecule has 0 saturated heterocycles. The van der Waals surface area contributed by atoms with Crippen LogP contribution in [0.1, 0.15) is 48.0 Å². The highest BCUT2D eigenvalue weighted by molar-refractivity contribution is 6.40. The predicted octanol–water partition coefficient (Wildman–Crippen LogP) is 3.70. The van der Waals surface area contributed by atoms with Gasteiger partial charge < -0.3 is 15.7 Å². The first kappa shape index (κ1) is 23.0. The second-order valence-electron chi connectivity index (χ2n) is 8.23. The monoisotopic (exact) mass is 458 g/mol. The normalized spacial score (nSPS) is 14.1. The molecule has 1 aliphatic rings. The van der Waals surface area contributed by atoms with Crippen LogP contribution in [-0.4, -0.2) is 35.1 Å². The summed E-state index contributed by atoms with van der Waals surface area (Å²) >= 11 is 0. The van der Waals surface area contributed by atoms with Crippen molar-refractivity contribution in [1.29, 1.82) is 0 Å². The minimum atomic E-state index is -1.00. The van der Waals surface area contributed by atoms with E-state index in [9.17, 15) is 19.5 Å². The lowest BCUT2D eigenvalue weighted by Crippen LogP contribution is -2.37. The van der Waals surface area contributed by atoms with Gasteiger partial charge in [0, 0.05) is 11.6 Å². The number of benzene rings is 3. The molecule has 0 aromatic heterocycles. The average molecular weight is 459 g/mol. The lowest BCUT2D eigenvalue weighted by Gasteiger charge is -2.23. The van der Waals surface area contributed by atoms with Crippen LogP contribution >= 0.6 is 0 Å². The highest BCUT2D eigenvalue weighted by Gasteiger charge is 2.21. The second-order valence-corrected chi connectivity index (χ2v) is 8.23. The van der Waals surface area contributed by atoms with Gasteiger partial charge in [0.15, 0.2) is 0 Å². The van der Waals surface area contributed by atoms with Crippen molar-refractivity contribution in [1.82, 2.24) is 10.7 Å². The van der Waals surface area contributed by atoms with Gasteiger partial charge in [0.1, 0.15) is 5.75 Å². The first-order chi connectivity index (χ1) is 16.5. The van der Waals surface area contributed by atoms with Crippen LogP contribution < -0.4 is 16.1 Å². The Morgan fingerprint density at radius 2 is 1.62 bits per heavy atom. The zero-order valence-electron chi connectivity index (χ0n) is 18.6. The van der Waals surface area contributed by atoms with Crippen molar-refractivity contribution in [2.75, 3.05) is 5.32 Å². The minimum absolute atomic E-state index is 0.000874. The smallest absolute Gasteiger partial charge is 0.329 e. The molecule has 0 unspecified atom stereocenters. The van der Waals surface area contributed by atoms with Gasteiger partial charge >= 0.3 is 11.8 Å². The number of rotatable bonds is 5. The first-order valence-electron chi connectivity index (χ1n) is 11.3. The number of phenolic OH excluding ortho intramolecular Hbond substituents is 1. The Hall–Kier alpha value is -4.20. The number of anilines is 1. The van der Waals surface area contributed by atoms with Crippen LogP contribution in [0.3, 0.4) is 0 Å². The number of hydrogen-bond donors (Lipinski definition) is 4. The number of nitrogens with one attached hydrogen (secondary N) is 3. The Balaban J connectivity index is 1.40. The van der Waals surface area contributed by atoms with Gasteiger partial charge in [-0.25, -0.2) is 5.43 Å². The summed E-state index contributed by atoms with van der Waals surface area (Å²) in [6.07, 6.45) is 6.51. The van der Waals surface area contributed by atoms with Crippen molar-refractivity contribution in [3.63, 3.8) is 0 Å². The quantitative estimate of drug-likeness (QED) is 0.265. The Labute approximate surface area is 197 Å². The van der Waals surface area contributed by atoms with Crippen molar-refractivity contribution in [3.05, 3.63) is 71.8 Å². The molecule has 8 heteroatoms. The number of fused-ring (bicyclic) bond motifs is 1. The average Bonchev–Trinajstić information content (AvgIpc) is 2.86. The van der Waals surface area contributed by atoms with E-state index < -0.39 is 11.8 Å². The zero-order chi connectivity index (χ0) is 23.9. The van der Waals surface area contributed by atoms with Crippen LogP contribution in [0.15, 0.2) is 65.8 Å². The molecule has 174 valence electrons. The topological polar surface area (TPSA) is 120 Å². The number of nitrogens with zero attached hydrogens (tertiary/aromatic N) is 1. The molecule has 1 saturated carbocycles. The van der Waals surface area contributed by atoms with Crippen LogP contribution in [0.5, 0.6) is 5.75 Å². The van der Waals surface area contributed by atoms with Gasteiger partial charge in [-0.1, -0.05) is 61.7 Å². The van der Waals surface area contributed by atoms with Gasteiger partial charge in [-0.2, -0.15) is 5.10 Å². The van der Waals surface area contributed by atoms with Crippen molar-refractivity contribution in [3.8, 4) is 5.75 Å². The fraction of sp³-hybridized carbons (Fsp3) is 0.231. The molecular weight excluding hydrogens is 432 g/mol. The molecule has 3 amide bonds. The SMILES string of the molecule is O=C(N/N=C\c1c(O)ccc2ccccc12)C(=O)Nc1ccccc1C(=O)NC1CCCCC1. The van der Waals surface area contributed by atoms with Gasteiger partial charge in [0.25, 0.3) is 5.91 Å².